The van der Waals surface area contributed by atoms with E-state index < -0.39 is 0 Å². The van der Waals surface area contributed by atoms with Gasteiger partial charge in [-0.15, -0.1) is 11.6 Å². The molecule has 2 rings (SSSR count). The van der Waals surface area contributed by atoms with E-state index in [0.717, 1.165) is 0 Å². The fourth-order valence-corrected chi connectivity index (χ4v) is 2.07. The third-order valence-corrected chi connectivity index (χ3v) is 3.19. The third kappa shape index (κ3) is 2.46. The lowest BCUT2D eigenvalue weighted by Crippen LogP contribution is -2.39. The van der Waals surface area contributed by atoms with E-state index in [2.05, 4.69) is 15.4 Å². The minimum atomic E-state index is -0.169. The normalized spacial score (nSPS) is 12.9. The van der Waals surface area contributed by atoms with Crippen LogP contribution >= 0.6 is 11.6 Å². The van der Waals surface area contributed by atoms with Crippen LogP contribution in [-0.2, 0) is 0 Å². The predicted octanol–water partition coefficient (Wildman–Crippen LogP) is 1.72. The lowest BCUT2D eigenvalue weighted by atomic mass is 10.1. The molecule has 0 fully saturated rings. The number of hydrogen-bond donors (Lipinski definition) is 1. The number of nitrogens with one attached hydrogen (secondary N) is 1. The molecule has 5 nitrogen and oxygen atoms in total. The molecule has 2 aromatic heterocycles. The van der Waals surface area contributed by atoms with Crippen LogP contribution in [0.15, 0.2) is 24.8 Å². The number of aromatic nitrogens is 3. The number of amides is 1. The van der Waals surface area contributed by atoms with Crippen molar-refractivity contribution in [2.24, 2.45) is 5.92 Å². The first kappa shape index (κ1) is 12.8. The lowest BCUT2D eigenvalue weighted by Gasteiger charge is -2.19. The van der Waals surface area contributed by atoms with E-state index in [1.54, 1.807) is 23.1 Å². The van der Waals surface area contributed by atoms with Crippen LogP contribution in [0.1, 0.15) is 24.2 Å². The molecule has 0 saturated heterocycles. The zero-order chi connectivity index (χ0) is 13.1. The summed E-state index contributed by atoms with van der Waals surface area (Å²) < 4.78 is 1.62. The van der Waals surface area contributed by atoms with Crippen molar-refractivity contribution in [2.75, 3.05) is 5.88 Å². The summed E-state index contributed by atoms with van der Waals surface area (Å²) >= 11 is 5.84. The molecule has 1 unspecified atom stereocenters. The van der Waals surface area contributed by atoms with Crippen LogP contribution in [0.5, 0.6) is 0 Å². The standard InChI is InChI=1S/C12H15ClN4O/c1-8(2)10(5-13)16-12(18)9-6-15-17-4-3-14-7-11(9)17/h3-4,6-8,10H,5H2,1-2H3,(H,16,18). The Morgan fingerprint density at radius 2 is 2.28 bits per heavy atom. The molecule has 18 heavy (non-hydrogen) atoms. The number of carbonyl (C=O) groups is 1. The smallest absolute Gasteiger partial charge is 0.255 e. The second-order valence-electron chi connectivity index (χ2n) is 4.44. The fraction of sp³-hybridized carbons (Fsp3) is 0.417. The first-order chi connectivity index (χ1) is 8.63. The molecule has 0 aromatic carbocycles. The number of nitrogens with zero attached hydrogens (tertiary/aromatic N) is 3. The van der Waals surface area contributed by atoms with Gasteiger partial charge in [0.2, 0.25) is 0 Å². The molecule has 1 amide bonds. The van der Waals surface area contributed by atoms with Gasteiger partial charge in [-0.3, -0.25) is 9.78 Å². The van der Waals surface area contributed by atoms with Crippen molar-refractivity contribution < 1.29 is 4.79 Å². The maximum Gasteiger partial charge on any atom is 0.255 e. The van der Waals surface area contributed by atoms with Gasteiger partial charge < -0.3 is 5.32 Å². The van der Waals surface area contributed by atoms with Gasteiger partial charge in [0.1, 0.15) is 0 Å². The van der Waals surface area contributed by atoms with E-state index in [0.29, 0.717) is 17.0 Å². The van der Waals surface area contributed by atoms with Crippen molar-refractivity contribution in [3.8, 4) is 0 Å². The molecular formula is C12H15ClN4O. The van der Waals surface area contributed by atoms with Crippen molar-refractivity contribution >= 4 is 23.0 Å². The van der Waals surface area contributed by atoms with E-state index in [-0.39, 0.29) is 17.9 Å². The van der Waals surface area contributed by atoms with Gasteiger partial charge >= 0.3 is 0 Å². The molecular weight excluding hydrogens is 252 g/mol. The Kier molecular flexibility index (Phi) is 3.81. The van der Waals surface area contributed by atoms with E-state index >= 15 is 0 Å². The van der Waals surface area contributed by atoms with Crippen molar-refractivity contribution in [3.05, 3.63) is 30.4 Å². The summed E-state index contributed by atoms with van der Waals surface area (Å²) in [5.74, 6) is 0.504. The van der Waals surface area contributed by atoms with Crippen molar-refractivity contribution in [2.45, 2.75) is 19.9 Å². The molecule has 6 heteroatoms. The predicted molar refractivity (Wildman–Crippen MR) is 69.8 cm³/mol. The SMILES string of the molecule is CC(C)C(CCl)NC(=O)c1cnn2ccncc12. The summed E-state index contributed by atoms with van der Waals surface area (Å²) in [4.78, 5) is 16.1. The summed E-state index contributed by atoms with van der Waals surface area (Å²) in [6.07, 6.45) is 6.48. The Balaban J connectivity index is 2.23. The van der Waals surface area contributed by atoms with Crippen LogP contribution < -0.4 is 5.32 Å². The Morgan fingerprint density at radius 1 is 1.50 bits per heavy atom. The Hall–Kier alpha value is -1.62. The molecule has 1 N–H and O–H groups in total. The number of halogens is 1. The maximum absolute atomic E-state index is 12.1. The van der Waals surface area contributed by atoms with Gasteiger partial charge in [0.05, 0.1) is 23.5 Å². The number of carbonyl (C=O) groups excluding carboxylic acids is 1. The Bertz CT molecular complexity index is 552. The first-order valence-electron chi connectivity index (χ1n) is 5.77. The molecule has 0 saturated carbocycles. The first-order valence-corrected chi connectivity index (χ1v) is 6.31. The van der Waals surface area contributed by atoms with Crippen LogP contribution in [0.2, 0.25) is 0 Å². The average Bonchev–Trinajstić information content (AvgIpc) is 2.79. The molecule has 2 aromatic rings. The Labute approximate surface area is 110 Å². The topological polar surface area (TPSA) is 59.3 Å². The van der Waals surface area contributed by atoms with Gasteiger partial charge in [-0.25, -0.2) is 4.52 Å². The third-order valence-electron chi connectivity index (χ3n) is 2.86. The highest BCUT2D eigenvalue weighted by Gasteiger charge is 2.18. The van der Waals surface area contributed by atoms with Crippen molar-refractivity contribution in [1.82, 2.24) is 19.9 Å². The molecule has 0 aliphatic rings. The number of alkyl halides is 1. The number of hydrogen-bond acceptors (Lipinski definition) is 3. The molecule has 0 aliphatic carbocycles. The highest BCUT2D eigenvalue weighted by molar-refractivity contribution is 6.18. The largest absolute Gasteiger partial charge is 0.348 e. The second kappa shape index (κ2) is 5.35. The van der Waals surface area contributed by atoms with E-state index in [4.69, 9.17) is 11.6 Å². The van der Waals surface area contributed by atoms with Crippen LogP contribution in [0.3, 0.4) is 0 Å². The van der Waals surface area contributed by atoms with Gasteiger partial charge in [0, 0.05) is 24.3 Å². The highest BCUT2D eigenvalue weighted by Crippen LogP contribution is 2.10. The van der Waals surface area contributed by atoms with Crippen molar-refractivity contribution in [3.63, 3.8) is 0 Å². The summed E-state index contributed by atoms with van der Waals surface area (Å²) in [6.45, 7) is 4.04. The molecule has 0 radical (unpaired) electrons. The van der Waals surface area contributed by atoms with Gasteiger partial charge in [0.15, 0.2) is 0 Å². The summed E-state index contributed by atoms with van der Waals surface area (Å²) in [6, 6.07) is -0.0502. The molecule has 1 atom stereocenters. The molecule has 0 aliphatic heterocycles. The molecule has 96 valence electrons. The number of rotatable bonds is 4. The van der Waals surface area contributed by atoms with Gasteiger partial charge in [-0.2, -0.15) is 5.10 Å². The zero-order valence-corrected chi connectivity index (χ0v) is 11.1. The van der Waals surface area contributed by atoms with E-state index in [1.165, 1.54) is 6.20 Å². The summed E-state index contributed by atoms with van der Waals surface area (Å²) in [7, 11) is 0. The van der Waals surface area contributed by atoms with E-state index in [9.17, 15) is 4.79 Å². The minimum absolute atomic E-state index is 0.0502. The number of fused-ring (bicyclic) bond motifs is 1. The summed E-state index contributed by atoms with van der Waals surface area (Å²) in [5.41, 5.74) is 1.20. The van der Waals surface area contributed by atoms with Gasteiger partial charge in [0.25, 0.3) is 5.91 Å². The average molecular weight is 267 g/mol. The quantitative estimate of drug-likeness (QED) is 0.858. The maximum atomic E-state index is 12.1. The molecule has 2 heterocycles. The van der Waals surface area contributed by atoms with E-state index in [1.807, 2.05) is 13.8 Å². The van der Waals surface area contributed by atoms with Crippen LogP contribution in [0.25, 0.3) is 5.52 Å². The lowest BCUT2D eigenvalue weighted by molar-refractivity contribution is 0.0933. The van der Waals surface area contributed by atoms with Gasteiger partial charge in [-0.1, -0.05) is 13.8 Å². The van der Waals surface area contributed by atoms with Crippen molar-refractivity contribution in [1.29, 1.82) is 0 Å². The zero-order valence-electron chi connectivity index (χ0n) is 10.3. The van der Waals surface area contributed by atoms with Crippen LogP contribution in [0, 0.1) is 5.92 Å². The monoisotopic (exact) mass is 266 g/mol. The van der Waals surface area contributed by atoms with Crippen LogP contribution in [-0.4, -0.2) is 32.4 Å². The van der Waals surface area contributed by atoms with Gasteiger partial charge in [-0.05, 0) is 5.92 Å². The molecule has 0 spiro atoms. The second-order valence-corrected chi connectivity index (χ2v) is 4.75. The highest BCUT2D eigenvalue weighted by atomic mass is 35.5. The molecule has 0 bridgehead atoms. The fourth-order valence-electron chi connectivity index (χ4n) is 1.64. The van der Waals surface area contributed by atoms with Crippen LogP contribution in [0.4, 0.5) is 0 Å². The minimum Gasteiger partial charge on any atom is -0.348 e. The summed E-state index contributed by atoms with van der Waals surface area (Å²) in [5, 5.41) is 7.01. The Morgan fingerprint density at radius 3 is 2.94 bits per heavy atom.